The second kappa shape index (κ2) is 7.20. The Morgan fingerprint density at radius 3 is 2.08 bits per heavy atom. The third kappa shape index (κ3) is 6.92. The van der Waals surface area contributed by atoms with Crippen LogP contribution in [0.1, 0.15) is 10.4 Å². The molecular weight excluding hydrogens is 186 g/mol. The van der Waals surface area contributed by atoms with E-state index in [0.717, 1.165) is 11.8 Å². The molecular formula is C8H11N3OS. The zero-order valence-corrected chi connectivity index (χ0v) is 7.75. The van der Waals surface area contributed by atoms with E-state index >= 15 is 0 Å². The SMILES string of the molecule is NNC(N)=S.O=Cc1ccccc1. The highest BCUT2D eigenvalue weighted by molar-refractivity contribution is 7.80. The topological polar surface area (TPSA) is 81.1 Å². The molecule has 0 aliphatic rings. The molecule has 13 heavy (non-hydrogen) atoms. The number of carbonyl (C=O) groups is 1. The van der Waals surface area contributed by atoms with Crippen molar-refractivity contribution in [1.29, 1.82) is 0 Å². The van der Waals surface area contributed by atoms with Gasteiger partial charge in [-0.15, -0.1) is 0 Å². The molecule has 0 spiro atoms. The van der Waals surface area contributed by atoms with Gasteiger partial charge >= 0.3 is 0 Å². The largest absolute Gasteiger partial charge is 0.375 e. The molecule has 0 aliphatic heterocycles. The molecule has 0 amide bonds. The first kappa shape index (κ1) is 11.5. The zero-order chi connectivity index (χ0) is 10.1. The minimum absolute atomic E-state index is 0.116. The van der Waals surface area contributed by atoms with E-state index in [0.29, 0.717) is 0 Å². The highest BCUT2D eigenvalue weighted by atomic mass is 32.1. The van der Waals surface area contributed by atoms with Crippen molar-refractivity contribution in [3.63, 3.8) is 0 Å². The Morgan fingerprint density at radius 2 is 1.85 bits per heavy atom. The molecule has 70 valence electrons. The number of rotatable bonds is 1. The van der Waals surface area contributed by atoms with Crippen LogP contribution < -0.4 is 17.0 Å². The lowest BCUT2D eigenvalue weighted by atomic mass is 10.2. The number of benzene rings is 1. The molecule has 0 aromatic heterocycles. The van der Waals surface area contributed by atoms with E-state index in [-0.39, 0.29) is 5.11 Å². The maximum Gasteiger partial charge on any atom is 0.177 e. The van der Waals surface area contributed by atoms with E-state index in [4.69, 9.17) is 5.73 Å². The van der Waals surface area contributed by atoms with E-state index < -0.39 is 0 Å². The van der Waals surface area contributed by atoms with Gasteiger partial charge in [0.25, 0.3) is 0 Å². The fourth-order valence-electron chi connectivity index (χ4n) is 0.532. The predicted molar refractivity (Wildman–Crippen MR) is 55.9 cm³/mol. The number of hydrazine groups is 1. The molecule has 0 heterocycles. The fourth-order valence-corrected chi connectivity index (χ4v) is 0.532. The van der Waals surface area contributed by atoms with E-state index in [1.807, 2.05) is 23.6 Å². The van der Waals surface area contributed by atoms with Crippen molar-refractivity contribution in [2.45, 2.75) is 0 Å². The molecule has 0 unspecified atom stereocenters. The standard InChI is InChI=1S/C7H6O.CH5N3S/c8-6-7-4-2-1-3-5-7;2-1(5)4-3/h1-6H;3H2,(H3,2,4,5). The van der Waals surface area contributed by atoms with Gasteiger partial charge in [-0.1, -0.05) is 30.3 Å². The molecule has 1 aromatic carbocycles. The van der Waals surface area contributed by atoms with E-state index in [2.05, 4.69) is 18.1 Å². The van der Waals surface area contributed by atoms with Crippen LogP contribution >= 0.6 is 12.2 Å². The average Bonchev–Trinajstić information content (AvgIpc) is 2.20. The van der Waals surface area contributed by atoms with Gasteiger partial charge in [-0.05, 0) is 12.2 Å². The van der Waals surface area contributed by atoms with Crippen LogP contribution in [0.5, 0.6) is 0 Å². The van der Waals surface area contributed by atoms with Crippen molar-refractivity contribution in [1.82, 2.24) is 5.43 Å². The first-order valence-electron chi connectivity index (χ1n) is 3.47. The molecule has 0 bridgehead atoms. The van der Waals surface area contributed by atoms with Crippen LogP contribution in [0.3, 0.4) is 0 Å². The summed E-state index contributed by atoms with van der Waals surface area (Å²) >= 11 is 4.24. The Labute approximate surface area is 81.9 Å². The zero-order valence-electron chi connectivity index (χ0n) is 6.94. The molecule has 1 aromatic rings. The minimum Gasteiger partial charge on any atom is -0.375 e. The fraction of sp³-hybridized carbons (Fsp3) is 0. The molecule has 1 rings (SSSR count). The minimum atomic E-state index is 0.116. The van der Waals surface area contributed by atoms with Crippen LogP contribution in [-0.2, 0) is 0 Å². The molecule has 5 heteroatoms. The molecule has 0 fully saturated rings. The van der Waals surface area contributed by atoms with Crippen molar-refractivity contribution in [3.8, 4) is 0 Å². The second-order valence-electron chi connectivity index (χ2n) is 2.04. The maximum absolute atomic E-state index is 10.0. The van der Waals surface area contributed by atoms with Crippen molar-refractivity contribution in [3.05, 3.63) is 35.9 Å². The number of hydrogen-bond acceptors (Lipinski definition) is 3. The van der Waals surface area contributed by atoms with Gasteiger partial charge in [0.1, 0.15) is 6.29 Å². The van der Waals surface area contributed by atoms with Crippen molar-refractivity contribution < 1.29 is 4.79 Å². The Hall–Kier alpha value is -1.46. The summed E-state index contributed by atoms with van der Waals surface area (Å²) in [5.41, 5.74) is 7.55. The van der Waals surface area contributed by atoms with Gasteiger partial charge in [-0.2, -0.15) is 0 Å². The number of carbonyl (C=O) groups excluding carboxylic acids is 1. The monoisotopic (exact) mass is 197 g/mol. The Kier molecular flexibility index (Phi) is 6.39. The van der Waals surface area contributed by atoms with E-state index in [9.17, 15) is 4.79 Å². The van der Waals surface area contributed by atoms with Gasteiger partial charge in [0.05, 0.1) is 0 Å². The van der Waals surface area contributed by atoms with Gasteiger partial charge < -0.3 is 11.2 Å². The summed E-state index contributed by atoms with van der Waals surface area (Å²) < 4.78 is 0. The molecule has 0 radical (unpaired) electrons. The lowest BCUT2D eigenvalue weighted by Gasteiger charge is -1.85. The molecule has 4 nitrogen and oxygen atoms in total. The van der Waals surface area contributed by atoms with Gasteiger partial charge in [0.15, 0.2) is 5.11 Å². The third-order valence-corrected chi connectivity index (χ3v) is 1.20. The first-order valence-corrected chi connectivity index (χ1v) is 3.87. The Bertz CT molecular complexity index is 263. The van der Waals surface area contributed by atoms with Crippen LogP contribution in [0.2, 0.25) is 0 Å². The lowest BCUT2D eigenvalue weighted by molar-refractivity contribution is 0.112. The predicted octanol–water partition coefficient (Wildman–Crippen LogP) is 0.192. The number of nitrogens with two attached hydrogens (primary N) is 2. The van der Waals surface area contributed by atoms with Gasteiger partial charge in [0.2, 0.25) is 0 Å². The average molecular weight is 197 g/mol. The number of thiocarbonyl (C=S) groups is 1. The van der Waals surface area contributed by atoms with Crippen LogP contribution in [0.25, 0.3) is 0 Å². The molecule has 5 N–H and O–H groups in total. The molecule has 0 atom stereocenters. The summed E-state index contributed by atoms with van der Waals surface area (Å²) in [4.78, 5) is 10.0. The Morgan fingerprint density at radius 1 is 1.38 bits per heavy atom. The highest BCUT2D eigenvalue weighted by Crippen LogP contribution is 1.91. The van der Waals surface area contributed by atoms with Crippen LogP contribution in [-0.4, -0.2) is 11.4 Å². The maximum atomic E-state index is 10.0. The number of aldehydes is 1. The lowest BCUT2D eigenvalue weighted by Crippen LogP contribution is -2.34. The second-order valence-corrected chi connectivity index (χ2v) is 2.48. The summed E-state index contributed by atoms with van der Waals surface area (Å²) in [7, 11) is 0. The summed E-state index contributed by atoms with van der Waals surface area (Å²) in [5.74, 6) is 4.66. The number of nitrogens with one attached hydrogen (secondary N) is 1. The summed E-state index contributed by atoms with van der Waals surface area (Å²) in [6.07, 6.45) is 0.833. The van der Waals surface area contributed by atoms with E-state index in [1.54, 1.807) is 12.1 Å². The molecule has 0 saturated carbocycles. The van der Waals surface area contributed by atoms with Crippen molar-refractivity contribution in [2.75, 3.05) is 0 Å². The highest BCUT2D eigenvalue weighted by Gasteiger charge is 1.79. The molecule has 0 saturated heterocycles. The van der Waals surface area contributed by atoms with Gasteiger partial charge in [-0.25, -0.2) is 5.84 Å². The quantitative estimate of drug-likeness (QED) is 0.259. The van der Waals surface area contributed by atoms with E-state index in [1.165, 1.54) is 0 Å². The van der Waals surface area contributed by atoms with Crippen LogP contribution in [0.15, 0.2) is 30.3 Å². The van der Waals surface area contributed by atoms with Crippen LogP contribution in [0.4, 0.5) is 0 Å². The van der Waals surface area contributed by atoms with Crippen molar-refractivity contribution in [2.24, 2.45) is 11.6 Å². The summed E-state index contributed by atoms with van der Waals surface area (Å²) in [6, 6.07) is 9.10. The number of hydrogen-bond donors (Lipinski definition) is 3. The third-order valence-electron chi connectivity index (χ3n) is 1.08. The molecule has 0 aliphatic carbocycles. The summed E-state index contributed by atoms with van der Waals surface area (Å²) in [5, 5.41) is 0.116. The summed E-state index contributed by atoms with van der Waals surface area (Å²) in [6.45, 7) is 0. The smallest absolute Gasteiger partial charge is 0.177 e. The van der Waals surface area contributed by atoms with Gasteiger partial charge in [-0.3, -0.25) is 4.79 Å². The van der Waals surface area contributed by atoms with Gasteiger partial charge in [0, 0.05) is 5.56 Å². The van der Waals surface area contributed by atoms with Crippen molar-refractivity contribution >= 4 is 23.6 Å². The first-order chi connectivity index (χ1) is 6.20. The Balaban J connectivity index is 0.000000252. The van der Waals surface area contributed by atoms with Crippen LogP contribution in [0, 0.1) is 0 Å². The normalized spacial score (nSPS) is 7.77.